The van der Waals surface area contributed by atoms with E-state index < -0.39 is 28.5 Å². The number of nitrogens with two attached hydrogens (primary N) is 1. The second kappa shape index (κ2) is 9.55. The van der Waals surface area contributed by atoms with Crippen molar-refractivity contribution in [2.75, 3.05) is 26.8 Å². The number of nitrogen functional groups attached to an aromatic ring is 1. The molecule has 1 aromatic heterocycles. The number of likely N-dealkylation sites (N-methyl/N-ethyl adjacent to an activating group) is 1. The highest BCUT2D eigenvalue weighted by Crippen LogP contribution is 2.62. The zero-order valence-corrected chi connectivity index (χ0v) is 22.2. The van der Waals surface area contributed by atoms with Gasteiger partial charge in [-0.2, -0.15) is 0 Å². The summed E-state index contributed by atoms with van der Waals surface area (Å²) in [5.41, 5.74) is 3.02. The molecule has 3 amide bonds. The van der Waals surface area contributed by atoms with Gasteiger partial charge in [0.1, 0.15) is 16.9 Å². The molecule has 1 atom stereocenters. The number of unbranched alkanes of at least 4 members (excludes halogenated alkanes) is 1. The Morgan fingerprint density at radius 3 is 2.42 bits per heavy atom. The molecule has 2 aliphatic carbocycles. The molecule has 0 unspecified atom stereocenters. The molecule has 0 radical (unpaired) electrons. The van der Waals surface area contributed by atoms with Crippen molar-refractivity contribution in [1.82, 2.24) is 18.9 Å². The van der Waals surface area contributed by atoms with Gasteiger partial charge in [-0.3, -0.25) is 29.0 Å². The summed E-state index contributed by atoms with van der Waals surface area (Å²) in [4.78, 5) is 55.8. The summed E-state index contributed by atoms with van der Waals surface area (Å²) < 4.78 is 7.80. The number of hydrogen-bond acceptors (Lipinski definition) is 7. The van der Waals surface area contributed by atoms with Crippen LogP contribution in [-0.2, 0) is 16.1 Å². The number of amides is 3. The van der Waals surface area contributed by atoms with Crippen molar-refractivity contribution in [3.05, 3.63) is 26.4 Å². The number of imide groups is 1. The van der Waals surface area contributed by atoms with Crippen molar-refractivity contribution in [2.24, 2.45) is 17.1 Å². The Hall–Kier alpha value is -3.15. The van der Waals surface area contributed by atoms with Gasteiger partial charge in [-0.1, -0.05) is 13.3 Å². The van der Waals surface area contributed by atoms with Gasteiger partial charge >= 0.3 is 11.7 Å². The average molecular weight is 531 g/mol. The highest BCUT2D eigenvalue weighted by Gasteiger charge is 2.68. The van der Waals surface area contributed by atoms with Crippen LogP contribution in [0.4, 0.5) is 4.79 Å². The number of rotatable bonds is 7. The number of nitrogens with zero attached hydrogens (tertiary/aromatic N) is 4. The Balaban J connectivity index is 1.36. The lowest BCUT2D eigenvalue weighted by atomic mass is 9.51. The number of aromatic hydroxyl groups is 1. The summed E-state index contributed by atoms with van der Waals surface area (Å²) in [5.74, 6) is -1.03. The molecule has 4 N–H and O–H groups in total. The molecular formula is C26H38N6O6. The molecule has 2 aliphatic heterocycles. The molecule has 5 rings (SSSR count). The number of amidine groups is 1. The number of hydrogen-bond donors (Lipinski definition) is 3. The monoisotopic (exact) mass is 530 g/mol. The third-order valence-corrected chi connectivity index (χ3v) is 9.27. The lowest BCUT2D eigenvalue weighted by Crippen LogP contribution is -2.64. The molecule has 12 nitrogen and oxygen atoms in total. The fraction of sp³-hybridized carbons (Fsp3) is 0.731. The van der Waals surface area contributed by atoms with Crippen molar-refractivity contribution in [1.29, 1.82) is 5.41 Å². The summed E-state index contributed by atoms with van der Waals surface area (Å²) in [6, 6.07) is -0.635. The van der Waals surface area contributed by atoms with Crippen LogP contribution in [0.3, 0.4) is 0 Å². The highest BCUT2D eigenvalue weighted by molar-refractivity contribution is 6.07. The fourth-order valence-corrected chi connectivity index (χ4v) is 7.21. The van der Waals surface area contributed by atoms with E-state index in [1.807, 2.05) is 6.92 Å². The van der Waals surface area contributed by atoms with E-state index in [9.17, 15) is 24.3 Å². The molecule has 0 bridgehead atoms. The predicted molar refractivity (Wildman–Crippen MR) is 138 cm³/mol. The third-order valence-electron chi connectivity index (χ3n) is 9.27. The van der Waals surface area contributed by atoms with Crippen LogP contribution >= 0.6 is 0 Å². The average Bonchev–Trinajstić information content (AvgIpc) is 3.43. The number of carbonyl (C=O) groups excluding carboxylic acids is 2. The van der Waals surface area contributed by atoms with Crippen LogP contribution in [0.5, 0.6) is 5.88 Å². The molecule has 0 aromatic carbocycles. The minimum Gasteiger partial charge on any atom is -0.494 e. The molecule has 12 heteroatoms. The summed E-state index contributed by atoms with van der Waals surface area (Å²) in [7, 11) is 1.55. The summed E-state index contributed by atoms with van der Waals surface area (Å²) in [5, 5.41) is 18.4. The Labute approximate surface area is 220 Å². The molecule has 38 heavy (non-hydrogen) atoms. The number of urea groups is 1. The maximum absolute atomic E-state index is 13.3. The number of carbonyl (C=O) groups is 2. The summed E-state index contributed by atoms with van der Waals surface area (Å²) >= 11 is 0. The van der Waals surface area contributed by atoms with Crippen molar-refractivity contribution < 1.29 is 19.4 Å². The Bertz CT molecular complexity index is 1260. The van der Waals surface area contributed by atoms with Gasteiger partial charge in [-0.05, 0) is 56.8 Å². The lowest BCUT2D eigenvalue weighted by molar-refractivity contribution is -0.150. The van der Waals surface area contributed by atoms with E-state index in [4.69, 9.17) is 15.9 Å². The van der Waals surface area contributed by atoms with E-state index in [-0.39, 0.29) is 41.4 Å². The van der Waals surface area contributed by atoms with Crippen molar-refractivity contribution in [3.8, 4) is 5.88 Å². The van der Waals surface area contributed by atoms with Gasteiger partial charge in [0.2, 0.25) is 5.88 Å². The van der Waals surface area contributed by atoms with E-state index in [1.54, 1.807) is 11.9 Å². The minimum atomic E-state index is -0.814. The maximum atomic E-state index is 13.3. The van der Waals surface area contributed by atoms with Crippen LogP contribution in [0.2, 0.25) is 0 Å². The zero-order valence-electron chi connectivity index (χ0n) is 22.2. The zero-order chi connectivity index (χ0) is 27.4. The smallest absolute Gasteiger partial charge is 0.334 e. The van der Waals surface area contributed by atoms with Gasteiger partial charge < -0.3 is 20.5 Å². The first-order valence-electron chi connectivity index (χ1n) is 13.7. The Morgan fingerprint density at radius 1 is 1.16 bits per heavy atom. The first kappa shape index (κ1) is 26.5. The van der Waals surface area contributed by atoms with Crippen molar-refractivity contribution in [2.45, 2.75) is 82.8 Å². The first-order valence-corrected chi connectivity index (χ1v) is 13.7. The van der Waals surface area contributed by atoms with Crippen molar-refractivity contribution in [3.63, 3.8) is 0 Å². The lowest BCUT2D eigenvalue weighted by Gasteiger charge is -2.58. The van der Waals surface area contributed by atoms with Gasteiger partial charge in [0.05, 0.1) is 6.61 Å². The molecule has 3 heterocycles. The van der Waals surface area contributed by atoms with Gasteiger partial charge in [-0.25, -0.2) is 9.59 Å². The maximum Gasteiger partial charge on any atom is 0.334 e. The fourth-order valence-electron chi connectivity index (χ4n) is 7.21. The van der Waals surface area contributed by atoms with E-state index in [0.29, 0.717) is 64.7 Å². The van der Waals surface area contributed by atoms with Gasteiger partial charge in [0.25, 0.3) is 11.5 Å². The Kier molecular flexibility index (Phi) is 6.65. The molecule has 4 fully saturated rings. The Morgan fingerprint density at radius 2 is 1.84 bits per heavy atom. The SMILES string of the molecule is CCCCn1c(O)c(C(=N)N)c(=O)n(C2CCC3(CC2)CC2(C3)C(=O)N(C)C(=O)N2C[C@@H]2CCOC2)c1=O. The van der Waals surface area contributed by atoms with Crippen LogP contribution in [-0.4, -0.2) is 74.2 Å². The molecule has 2 saturated heterocycles. The molecular weight excluding hydrogens is 492 g/mol. The third kappa shape index (κ3) is 3.95. The van der Waals surface area contributed by atoms with Gasteiger partial charge in [-0.15, -0.1) is 0 Å². The number of aromatic nitrogens is 2. The minimum absolute atomic E-state index is 0.132. The normalized spacial score (nSPS) is 31.0. The quantitative estimate of drug-likeness (QED) is 0.272. The predicted octanol–water partition coefficient (Wildman–Crippen LogP) is 1.36. The standard InChI is InChI=1S/C26H38N6O6/c1-3-4-10-30-20(33)18(19(27)28)21(34)32(24(30)37)17-5-8-25(9-6-17)14-26(15-25)22(35)29(2)23(36)31(26)12-16-7-11-38-13-16/h16-17,33H,3-15H2,1-2H3,(H3,27,28)/t16-,17?,25?,26?/m0/s1. The molecule has 1 aromatic rings. The van der Waals surface area contributed by atoms with Crippen LogP contribution in [0.15, 0.2) is 9.59 Å². The summed E-state index contributed by atoms with van der Waals surface area (Å²) in [6.45, 7) is 3.98. The molecule has 2 saturated carbocycles. The second-order valence-corrected chi connectivity index (χ2v) is 11.7. The van der Waals surface area contributed by atoms with Crippen LogP contribution in [0.25, 0.3) is 0 Å². The topological polar surface area (TPSA) is 164 Å². The van der Waals surface area contributed by atoms with Gasteiger partial charge in [0.15, 0.2) is 0 Å². The molecule has 4 aliphatic rings. The second-order valence-electron chi connectivity index (χ2n) is 11.7. The highest BCUT2D eigenvalue weighted by atomic mass is 16.5. The van der Waals surface area contributed by atoms with Crippen LogP contribution < -0.4 is 17.0 Å². The van der Waals surface area contributed by atoms with Crippen molar-refractivity contribution >= 4 is 17.8 Å². The summed E-state index contributed by atoms with van der Waals surface area (Å²) in [6.07, 6.45) is 5.98. The van der Waals surface area contributed by atoms with Crippen LogP contribution in [0.1, 0.15) is 76.3 Å². The van der Waals surface area contributed by atoms with E-state index >= 15 is 0 Å². The number of ether oxygens (including phenoxy) is 1. The number of nitrogens with one attached hydrogen (secondary N) is 1. The van der Waals surface area contributed by atoms with E-state index in [1.165, 1.54) is 4.90 Å². The first-order chi connectivity index (χ1) is 18.0. The largest absolute Gasteiger partial charge is 0.494 e. The van der Waals surface area contributed by atoms with E-state index in [0.717, 1.165) is 22.0 Å². The van der Waals surface area contributed by atoms with Crippen LogP contribution in [0, 0.1) is 16.7 Å². The van der Waals surface area contributed by atoms with E-state index in [2.05, 4.69) is 0 Å². The molecule has 2 spiro atoms. The molecule has 208 valence electrons. The van der Waals surface area contributed by atoms with Gasteiger partial charge in [0, 0.05) is 38.7 Å².